The first-order chi connectivity index (χ1) is 5.70. The van der Waals surface area contributed by atoms with Gasteiger partial charge < -0.3 is 10.0 Å². The van der Waals surface area contributed by atoms with Crippen LogP contribution in [-0.4, -0.2) is 34.6 Å². The summed E-state index contributed by atoms with van der Waals surface area (Å²) in [6.07, 6.45) is 1.73. The Balaban J connectivity index is 2.19. The third-order valence-corrected chi connectivity index (χ3v) is 2.83. The Kier molecular flexibility index (Phi) is 1.68. The fraction of sp³-hybridized carbons (Fsp3) is 0.667. The normalized spacial score (nSPS) is 35.6. The van der Waals surface area contributed by atoms with Crippen LogP contribution in [0.1, 0.15) is 19.3 Å². The smallest absolute Gasteiger partial charge is 0.223 e. The van der Waals surface area contributed by atoms with Crippen LogP contribution < -0.4 is 0 Å². The average molecular weight is 167 g/mol. The van der Waals surface area contributed by atoms with E-state index in [-0.39, 0.29) is 11.9 Å². The molecular formula is C9H13NO2. The van der Waals surface area contributed by atoms with Crippen LogP contribution in [0.4, 0.5) is 0 Å². The van der Waals surface area contributed by atoms with Crippen molar-refractivity contribution in [1.82, 2.24) is 4.90 Å². The largest absolute Gasteiger partial charge is 0.389 e. The van der Waals surface area contributed by atoms with Gasteiger partial charge in [0.15, 0.2) is 0 Å². The number of hydrogen-bond acceptors (Lipinski definition) is 2. The summed E-state index contributed by atoms with van der Waals surface area (Å²) in [7, 11) is 0. The standard InChI is InChI=1S/C9H13NO2/c1-6-7-2-3-9(12)10(7)5-4-8(6)11/h7-8,11H,1-5H2. The molecule has 0 saturated carbocycles. The van der Waals surface area contributed by atoms with Crippen LogP contribution in [0.2, 0.25) is 0 Å². The maximum Gasteiger partial charge on any atom is 0.223 e. The van der Waals surface area contributed by atoms with Crippen LogP contribution >= 0.6 is 0 Å². The minimum Gasteiger partial charge on any atom is -0.389 e. The lowest BCUT2D eigenvalue weighted by Crippen LogP contribution is -2.43. The maximum atomic E-state index is 11.3. The van der Waals surface area contributed by atoms with Gasteiger partial charge in [0, 0.05) is 13.0 Å². The first kappa shape index (κ1) is 7.80. The monoisotopic (exact) mass is 167 g/mol. The molecule has 12 heavy (non-hydrogen) atoms. The third-order valence-electron chi connectivity index (χ3n) is 2.83. The van der Waals surface area contributed by atoms with Crippen LogP contribution in [-0.2, 0) is 4.79 Å². The fourth-order valence-electron chi connectivity index (χ4n) is 2.07. The van der Waals surface area contributed by atoms with Crippen LogP contribution in [0.3, 0.4) is 0 Å². The number of aliphatic hydroxyl groups excluding tert-OH is 1. The molecule has 0 aromatic rings. The molecule has 2 heterocycles. The highest BCUT2D eigenvalue weighted by Gasteiger charge is 2.38. The molecule has 2 aliphatic heterocycles. The highest BCUT2D eigenvalue weighted by molar-refractivity contribution is 5.79. The van der Waals surface area contributed by atoms with Crippen molar-refractivity contribution < 1.29 is 9.90 Å². The predicted molar refractivity (Wildman–Crippen MR) is 44.5 cm³/mol. The number of aliphatic hydroxyl groups is 1. The number of rotatable bonds is 0. The number of fused-ring (bicyclic) bond motifs is 1. The zero-order valence-electron chi connectivity index (χ0n) is 6.99. The van der Waals surface area contributed by atoms with Gasteiger partial charge in [-0.3, -0.25) is 4.79 Å². The van der Waals surface area contributed by atoms with Crippen molar-refractivity contribution in [1.29, 1.82) is 0 Å². The van der Waals surface area contributed by atoms with Crippen molar-refractivity contribution in [2.75, 3.05) is 6.54 Å². The Hall–Kier alpha value is -0.830. The Labute approximate surface area is 71.7 Å². The first-order valence-electron chi connectivity index (χ1n) is 4.36. The SMILES string of the molecule is C=C1C(O)CCN2C(=O)CCC12. The molecule has 2 atom stereocenters. The van der Waals surface area contributed by atoms with E-state index < -0.39 is 6.10 Å². The van der Waals surface area contributed by atoms with E-state index in [2.05, 4.69) is 6.58 Å². The Morgan fingerprint density at radius 1 is 1.50 bits per heavy atom. The molecule has 0 aromatic heterocycles. The van der Waals surface area contributed by atoms with Crippen molar-refractivity contribution in [3.05, 3.63) is 12.2 Å². The molecule has 0 aromatic carbocycles. The minimum absolute atomic E-state index is 0.126. The highest BCUT2D eigenvalue weighted by Crippen LogP contribution is 2.30. The fourth-order valence-corrected chi connectivity index (χ4v) is 2.07. The van der Waals surface area contributed by atoms with E-state index in [9.17, 15) is 9.90 Å². The lowest BCUT2D eigenvalue weighted by Gasteiger charge is -2.34. The number of nitrogens with zero attached hydrogens (tertiary/aromatic N) is 1. The number of piperidine rings is 1. The summed E-state index contributed by atoms with van der Waals surface area (Å²) in [4.78, 5) is 13.1. The van der Waals surface area contributed by atoms with E-state index in [0.29, 0.717) is 19.4 Å². The summed E-state index contributed by atoms with van der Waals surface area (Å²) in [5.74, 6) is 0.216. The lowest BCUT2D eigenvalue weighted by atomic mass is 9.95. The Bertz CT molecular complexity index is 237. The Morgan fingerprint density at radius 2 is 2.25 bits per heavy atom. The lowest BCUT2D eigenvalue weighted by molar-refractivity contribution is -0.129. The minimum atomic E-state index is -0.392. The number of carbonyl (C=O) groups excluding carboxylic acids is 1. The molecule has 3 heteroatoms. The summed E-state index contributed by atoms with van der Waals surface area (Å²) in [6.45, 7) is 4.53. The quantitative estimate of drug-likeness (QED) is 0.527. The molecule has 3 nitrogen and oxygen atoms in total. The van der Waals surface area contributed by atoms with Gasteiger partial charge in [-0.25, -0.2) is 0 Å². The second kappa shape index (κ2) is 2.59. The van der Waals surface area contributed by atoms with Gasteiger partial charge in [-0.15, -0.1) is 0 Å². The molecule has 2 saturated heterocycles. The van der Waals surface area contributed by atoms with Crippen molar-refractivity contribution in [3.8, 4) is 0 Å². The molecule has 1 N–H and O–H groups in total. The zero-order chi connectivity index (χ0) is 8.72. The molecular weight excluding hydrogens is 154 g/mol. The molecule has 2 fully saturated rings. The Morgan fingerprint density at radius 3 is 3.00 bits per heavy atom. The maximum absolute atomic E-state index is 11.3. The second-order valence-corrected chi connectivity index (χ2v) is 3.52. The van der Waals surface area contributed by atoms with E-state index in [1.165, 1.54) is 0 Å². The van der Waals surface area contributed by atoms with Gasteiger partial charge in [0.1, 0.15) is 0 Å². The summed E-state index contributed by atoms with van der Waals surface area (Å²) in [5.41, 5.74) is 0.826. The van der Waals surface area contributed by atoms with Crippen molar-refractivity contribution >= 4 is 5.91 Å². The third kappa shape index (κ3) is 0.966. The molecule has 0 spiro atoms. The second-order valence-electron chi connectivity index (χ2n) is 3.52. The molecule has 1 amide bonds. The molecule has 0 bridgehead atoms. The van der Waals surface area contributed by atoms with Crippen LogP contribution in [0.5, 0.6) is 0 Å². The molecule has 0 aliphatic carbocycles. The summed E-state index contributed by atoms with van der Waals surface area (Å²) in [5, 5.41) is 9.47. The van der Waals surface area contributed by atoms with E-state index in [0.717, 1.165) is 12.0 Å². The van der Waals surface area contributed by atoms with Gasteiger partial charge >= 0.3 is 0 Å². The predicted octanol–water partition coefficient (Wildman–Crippen LogP) is 0.298. The van der Waals surface area contributed by atoms with E-state index in [4.69, 9.17) is 0 Å². The highest BCUT2D eigenvalue weighted by atomic mass is 16.3. The topological polar surface area (TPSA) is 40.5 Å². The number of hydrogen-bond donors (Lipinski definition) is 1. The first-order valence-corrected chi connectivity index (χ1v) is 4.36. The van der Waals surface area contributed by atoms with Gasteiger partial charge in [0.25, 0.3) is 0 Å². The average Bonchev–Trinajstić information content (AvgIpc) is 2.41. The van der Waals surface area contributed by atoms with Crippen molar-refractivity contribution in [3.63, 3.8) is 0 Å². The van der Waals surface area contributed by atoms with Crippen molar-refractivity contribution in [2.45, 2.75) is 31.4 Å². The summed E-state index contributed by atoms with van der Waals surface area (Å²) < 4.78 is 0. The van der Waals surface area contributed by atoms with Gasteiger partial charge in [-0.1, -0.05) is 6.58 Å². The number of amides is 1. The molecule has 2 aliphatic rings. The molecule has 2 unspecified atom stereocenters. The van der Waals surface area contributed by atoms with E-state index >= 15 is 0 Å². The van der Waals surface area contributed by atoms with Gasteiger partial charge in [-0.05, 0) is 18.4 Å². The molecule has 0 radical (unpaired) electrons. The van der Waals surface area contributed by atoms with Crippen LogP contribution in [0.25, 0.3) is 0 Å². The van der Waals surface area contributed by atoms with Gasteiger partial charge in [0.05, 0.1) is 12.1 Å². The van der Waals surface area contributed by atoms with Gasteiger partial charge in [-0.2, -0.15) is 0 Å². The van der Waals surface area contributed by atoms with Gasteiger partial charge in [0.2, 0.25) is 5.91 Å². The van der Waals surface area contributed by atoms with E-state index in [1.807, 2.05) is 4.90 Å². The zero-order valence-corrected chi connectivity index (χ0v) is 6.99. The van der Waals surface area contributed by atoms with Crippen LogP contribution in [0, 0.1) is 0 Å². The molecule has 2 rings (SSSR count). The summed E-state index contributed by atoms with van der Waals surface area (Å²) in [6, 6.07) is 0.126. The summed E-state index contributed by atoms with van der Waals surface area (Å²) >= 11 is 0. The van der Waals surface area contributed by atoms with E-state index in [1.54, 1.807) is 0 Å². The molecule has 66 valence electrons. The van der Waals surface area contributed by atoms with Crippen LogP contribution in [0.15, 0.2) is 12.2 Å². The number of carbonyl (C=O) groups is 1. The van der Waals surface area contributed by atoms with Crippen molar-refractivity contribution in [2.24, 2.45) is 0 Å².